The van der Waals surface area contributed by atoms with Gasteiger partial charge >= 0.3 is 0 Å². The Morgan fingerprint density at radius 2 is 1.90 bits per heavy atom. The summed E-state index contributed by atoms with van der Waals surface area (Å²) in [6.45, 7) is -0.360. The molecule has 0 aliphatic heterocycles. The number of halogens is 2. The molecule has 1 aromatic heterocycles. The van der Waals surface area contributed by atoms with Crippen LogP contribution in [0.25, 0.3) is 0 Å². The van der Waals surface area contributed by atoms with Crippen LogP contribution in [0.4, 0.5) is 4.39 Å². The first-order chi connectivity index (χ1) is 13.8. The minimum atomic E-state index is -0.609. The van der Waals surface area contributed by atoms with E-state index < -0.39 is 5.82 Å². The zero-order valence-electron chi connectivity index (χ0n) is 15.4. The SMILES string of the molecule is O=C(COc1ccc(Cl)c(F)c1)NC12CC(NC(=O)c3ccc(CO)cn3)(C1)C2. The van der Waals surface area contributed by atoms with Crippen molar-refractivity contribution in [3.8, 4) is 5.75 Å². The van der Waals surface area contributed by atoms with Gasteiger partial charge in [0.2, 0.25) is 0 Å². The lowest BCUT2D eigenvalue weighted by Crippen LogP contribution is -2.84. The molecule has 7 nitrogen and oxygen atoms in total. The average Bonchev–Trinajstić information content (AvgIpc) is 2.66. The molecule has 0 spiro atoms. The highest BCUT2D eigenvalue weighted by atomic mass is 35.5. The summed E-state index contributed by atoms with van der Waals surface area (Å²) < 4.78 is 18.7. The molecule has 29 heavy (non-hydrogen) atoms. The summed E-state index contributed by atoms with van der Waals surface area (Å²) in [5.41, 5.74) is 0.278. The third-order valence-electron chi connectivity index (χ3n) is 5.31. The predicted molar refractivity (Wildman–Crippen MR) is 102 cm³/mol. The van der Waals surface area contributed by atoms with Crippen molar-refractivity contribution in [2.24, 2.45) is 0 Å². The van der Waals surface area contributed by atoms with Gasteiger partial charge in [-0.1, -0.05) is 17.7 Å². The Morgan fingerprint density at radius 1 is 1.17 bits per heavy atom. The second-order valence-corrected chi connectivity index (χ2v) is 8.07. The van der Waals surface area contributed by atoms with Gasteiger partial charge in [-0.15, -0.1) is 0 Å². The number of amides is 2. The molecule has 2 aromatic rings. The first kappa shape index (κ1) is 19.6. The van der Waals surface area contributed by atoms with E-state index in [4.69, 9.17) is 21.4 Å². The summed E-state index contributed by atoms with van der Waals surface area (Å²) in [6, 6.07) is 7.20. The number of benzene rings is 1. The van der Waals surface area contributed by atoms with Gasteiger partial charge in [0.05, 0.1) is 11.6 Å². The molecule has 3 N–H and O–H groups in total. The van der Waals surface area contributed by atoms with E-state index in [2.05, 4.69) is 15.6 Å². The van der Waals surface area contributed by atoms with Crippen molar-refractivity contribution in [2.45, 2.75) is 36.9 Å². The number of hydrogen-bond donors (Lipinski definition) is 3. The smallest absolute Gasteiger partial charge is 0.270 e. The van der Waals surface area contributed by atoms with Gasteiger partial charge in [-0.3, -0.25) is 14.6 Å². The van der Waals surface area contributed by atoms with Crippen LogP contribution in [0.5, 0.6) is 5.75 Å². The van der Waals surface area contributed by atoms with Crippen LogP contribution in [-0.4, -0.2) is 39.6 Å². The van der Waals surface area contributed by atoms with Crippen LogP contribution >= 0.6 is 11.6 Å². The molecular weight excluding hydrogens is 401 g/mol. The van der Waals surface area contributed by atoms with E-state index in [-0.39, 0.29) is 52.6 Å². The van der Waals surface area contributed by atoms with E-state index in [0.29, 0.717) is 24.8 Å². The maximum atomic E-state index is 13.4. The molecule has 2 amide bonds. The van der Waals surface area contributed by atoms with Gasteiger partial charge < -0.3 is 20.5 Å². The summed E-state index contributed by atoms with van der Waals surface area (Å²) in [6.07, 6.45) is 3.39. The highest BCUT2D eigenvalue weighted by molar-refractivity contribution is 6.30. The van der Waals surface area contributed by atoms with Crippen LogP contribution in [-0.2, 0) is 11.4 Å². The van der Waals surface area contributed by atoms with E-state index in [9.17, 15) is 14.0 Å². The second-order valence-electron chi connectivity index (χ2n) is 7.67. The predicted octanol–water partition coefficient (Wildman–Crippen LogP) is 1.97. The number of aromatic nitrogens is 1. The summed E-state index contributed by atoms with van der Waals surface area (Å²) in [4.78, 5) is 28.5. The molecule has 1 aromatic carbocycles. The van der Waals surface area contributed by atoms with Crippen molar-refractivity contribution in [1.29, 1.82) is 0 Å². The van der Waals surface area contributed by atoms with Gasteiger partial charge in [0.1, 0.15) is 17.3 Å². The molecule has 0 radical (unpaired) electrons. The molecule has 0 unspecified atom stereocenters. The number of aliphatic hydroxyl groups excluding tert-OH is 1. The first-order valence-corrected chi connectivity index (χ1v) is 9.47. The Labute approximate surface area is 171 Å². The Morgan fingerprint density at radius 3 is 2.52 bits per heavy atom. The maximum Gasteiger partial charge on any atom is 0.270 e. The number of nitrogens with zero attached hydrogens (tertiary/aromatic N) is 1. The molecule has 0 atom stereocenters. The Balaban J connectivity index is 1.23. The highest BCUT2D eigenvalue weighted by Gasteiger charge is 2.69. The Bertz CT molecular complexity index is 947. The lowest BCUT2D eigenvalue weighted by molar-refractivity contribution is -0.141. The Hall–Kier alpha value is -2.71. The molecule has 2 bridgehead atoms. The molecule has 3 aliphatic rings. The van der Waals surface area contributed by atoms with E-state index in [0.717, 1.165) is 6.07 Å². The highest BCUT2D eigenvalue weighted by Crippen LogP contribution is 2.60. The molecule has 3 aliphatic carbocycles. The number of aliphatic hydroxyl groups is 1. The Kier molecular flexibility index (Phi) is 4.92. The van der Waals surface area contributed by atoms with Crippen molar-refractivity contribution in [3.63, 3.8) is 0 Å². The summed E-state index contributed by atoms with van der Waals surface area (Å²) >= 11 is 5.61. The maximum absolute atomic E-state index is 13.4. The molecule has 0 saturated heterocycles. The number of hydrogen-bond acceptors (Lipinski definition) is 5. The van der Waals surface area contributed by atoms with Crippen LogP contribution in [0.1, 0.15) is 35.3 Å². The lowest BCUT2D eigenvalue weighted by Gasteiger charge is -2.70. The number of nitrogens with one attached hydrogen (secondary N) is 2. The standard InChI is InChI=1S/C20H19ClFN3O4/c21-14-3-2-13(5-15(14)22)29-8-17(27)24-19-9-20(10-19,11-19)25-18(28)16-4-1-12(7-26)6-23-16/h1-6,26H,7-11H2,(H,24,27)(H,25,28). The molecule has 9 heteroatoms. The van der Waals surface area contributed by atoms with Crippen molar-refractivity contribution < 1.29 is 23.8 Å². The average molecular weight is 420 g/mol. The van der Waals surface area contributed by atoms with E-state index in [1.165, 1.54) is 18.3 Å². The number of carbonyl (C=O) groups excluding carboxylic acids is 2. The second kappa shape index (κ2) is 7.27. The molecule has 3 fully saturated rings. The van der Waals surface area contributed by atoms with E-state index in [1.807, 2.05) is 0 Å². The van der Waals surface area contributed by atoms with Gasteiger partial charge in [0, 0.05) is 23.3 Å². The lowest BCUT2D eigenvalue weighted by atomic mass is 9.44. The number of pyridine rings is 1. The van der Waals surface area contributed by atoms with E-state index >= 15 is 0 Å². The molecule has 1 heterocycles. The summed E-state index contributed by atoms with van der Waals surface area (Å²) in [5.74, 6) is -0.964. The molecule has 3 saturated carbocycles. The minimum absolute atomic E-state index is 0.0115. The van der Waals surface area contributed by atoms with Gasteiger partial charge in [0.25, 0.3) is 11.8 Å². The quantitative estimate of drug-likeness (QED) is 0.637. The van der Waals surface area contributed by atoms with Crippen LogP contribution in [0.2, 0.25) is 5.02 Å². The third-order valence-corrected chi connectivity index (χ3v) is 5.62. The van der Waals surface area contributed by atoms with Gasteiger partial charge in [-0.25, -0.2) is 4.39 Å². The summed E-state index contributed by atoms with van der Waals surface area (Å²) in [5, 5.41) is 14.9. The fourth-order valence-electron chi connectivity index (χ4n) is 4.06. The van der Waals surface area contributed by atoms with Crippen molar-refractivity contribution in [1.82, 2.24) is 15.6 Å². The van der Waals surface area contributed by atoms with Crippen LogP contribution < -0.4 is 15.4 Å². The topological polar surface area (TPSA) is 101 Å². The monoisotopic (exact) mass is 419 g/mol. The van der Waals surface area contributed by atoms with Crippen molar-refractivity contribution in [2.75, 3.05) is 6.61 Å². The van der Waals surface area contributed by atoms with Crippen LogP contribution in [0, 0.1) is 5.82 Å². The van der Waals surface area contributed by atoms with Crippen LogP contribution in [0.15, 0.2) is 36.5 Å². The fraction of sp³-hybridized carbons (Fsp3) is 0.350. The number of ether oxygens (including phenoxy) is 1. The number of rotatable bonds is 7. The molecule has 152 valence electrons. The van der Waals surface area contributed by atoms with Crippen molar-refractivity contribution in [3.05, 3.63) is 58.6 Å². The normalized spacial score (nSPS) is 24.1. The zero-order valence-corrected chi connectivity index (χ0v) is 16.1. The fourth-order valence-corrected chi connectivity index (χ4v) is 4.18. The van der Waals surface area contributed by atoms with Gasteiger partial charge in [0.15, 0.2) is 6.61 Å². The molecular formula is C20H19ClFN3O4. The largest absolute Gasteiger partial charge is 0.484 e. The molecule has 5 rings (SSSR count). The third kappa shape index (κ3) is 3.90. The van der Waals surface area contributed by atoms with E-state index in [1.54, 1.807) is 12.1 Å². The van der Waals surface area contributed by atoms with Crippen LogP contribution in [0.3, 0.4) is 0 Å². The van der Waals surface area contributed by atoms with Crippen molar-refractivity contribution >= 4 is 23.4 Å². The minimum Gasteiger partial charge on any atom is -0.484 e. The van der Waals surface area contributed by atoms with Gasteiger partial charge in [-0.2, -0.15) is 0 Å². The van der Waals surface area contributed by atoms with Gasteiger partial charge in [-0.05, 0) is 43.0 Å². The first-order valence-electron chi connectivity index (χ1n) is 9.09. The summed E-state index contributed by atoms with van der Waals surface area (Å²) in [7, 11) is 0. The zero-order chi connectivity index (χ0) is 20.6. The number of carbonyl (C=O) groups is 2.